The van der Waals surface area contributed by atoms with Crippen molar-refractivity contribution in [1.82, 2.24) is 0 Å². The third-order valence-electron chi connectivity index (χ3n) is 1.86. The smallest absolute Gasteiger partial charge is 0.187 e. The molecule has 0 saturated heterocycles. The maximum atomic E-state index is 12.6. The van der Waals surface area contributed by atoms with Gasteiger partial charge in [0.15, 0.2) is 5.13 Å². The van der Waals surface area contributed by atoms with Gasteiger partial charge in [0.1, 0.15) is 0 Å². The molecular formula is C7H12ClF. The van der Waals surface area contributed by atoms with E-state index in [2.05, 4.69) is 6.92 Å². The van der Waals surface area contributed by atoms with E-state index in [0.29, 0.717) is 6.42 Å². The van der Waals surface area contributed by atoms with Crippen molar-refractivity contribution in [3.8, 4) is 0 Å². The van der Waals surface area contributed by atoms with Crippen molar-refractivity contribution in [2.24, 2.45) is 5.92 Å². The summed E-state index contributed by atoms with van der Waals surface area (Å²) in [6.07, 6.45) is 3.80. The molecule has 0 aromatic rings. The van der Waals surface area contributed by atoms with Gasteiger partial charge >= 0.3 is 0 Å². The minimum absolute atomic E-state index is 0.166. The standard InChI is InChI=1S/C7H12ClF/c1-2-3-4-6-5-7(6,8)9/h6H,2-5H2,1H3/t6-,7+/m1/s1. The summed E-state index contributed by atoms with van der Waals surface area (Å²) in [5.74, 6) is 0.166. The quantitative estimate of drug-likeness (QED) is 0.543. The molecule has 9 heavy (non-hydrogen) atoms. The number of hydrogen-bond acceptors (Lipinski definition) is 0. The van der Waals surface area contributed by atoms with Crippen molar-refractivity contribution in [1.29, 1.82) is 0 Å². The summed E-state index contributed by atoms with van der Waals surface area (Å²) in [5.41, 5.74) is 0. The van der Waals surface area contributed by atoms with Crippen LogP contribution in [-0.4, -0.2) is 5.13 Å². The van der Waals surface area contributed by atoms with Crippen LogP contribution in [-0.2, 0) is 0 Å². The lowest BCUT2D eigenvalue weighted by Crippen LogP contribution is -1.90. The highest BCUT2D eigenvalue weighted by atomic mass is 35.5. The zero-order chi connectivity index (χ0) is 6.91. The van der Waals surface area contributed by atoms with Gasteiger partial charge in [0, 0.05) is 12.3 Å². The Morgan fingerprint density at radius 1 is 1.78 bits per heavy atom. The summed E-state index contributed by atoms with van der Waals surface area (Å²) in [7, 11) is 0. The molecule has 1 saturated carbocycles. The highest BCUT2D eigenvalue weighted by Crippen LogP contribution is 2.53. The van der Waals surface area contributed by atoms with Crippen molar-refractivity contribution >= 4 is 11.6 Å². The zero-order valence-corrected chi connectivity index (χ0v) is 6.42. The Balaban J connectivity index is 2.06. The Labute approximate surface area is 60.4 Å². The van der Waals surface area contributed by atoms with Crippen LogP contribution in [0.5, 0.6) is 0 Å². The maximum Gasteiger partial charge on any atom is 0.187 e. The molecular weight excluding hydrogens is 139 g/mol. The van der Waals surface area contributed by atoms with E-state index in [1.54, 1.807) is 0 Å². The molecule has 1 aliphatic rings. The highest BCUT2D eigenvalue weighted by Gasteiger charge is 2.53. The zero-order valence-electron chi connectivity index (χ0n) is 5.66. The first-order chi connectivity index (χ1) is 4.17. The second-order valence-corrected chi connectivity index (χ2v) is 3.43. The first kappa shape index (κ1) is 7.33. The molecule has 0 N–H and O–H groups in total. The van der Waals surface area contributed by atoms with Crippen LogP contribution in [0.1, 0.15) is 32.6 Å². The molecule has 0 aliphatic heterocycles. The molecule has 0 aromatic heterocycles. The lowest BCUT2D eigenvalue weighted by atomic mass is 10.2. The summed E-state index contributed by atoms with van der Waals surface area (Å²) < 4.78 is 12.6. The molecule has 0 bridgehead atoms. The summed E-state index contributed by atoms with van der Waals surface area (Å²) in [6.45, 7) is 2.11. The maximum absolute atomic E-state index is 12.6. The number of halogens is 2. The molecule has 0 aromatic carbocycles. The van der Waals surface area contributed by atoms with Gasteiger partial charge in [0.2, 0.25) is 0 Å². The molecule has 0 spiro atoms. The molecule has 0 amide bonds. The first-order valence-corrected chi connectivity index (χ1v) is 3.92. The van der Waals surface area contributed by atoms with E-state index in [4.69, 9.17) is 11.6 Å². The van der Waals surface area contributed by atoms with Gasteiger partial charge in [0.25, 0.3) is 0 Å². The van der Waals surface area contributed by atoms with E-state index in [0.717, 1.165) is 19.3 Å². The van der Waals surface area contributed by atoms with Gasteiger partial charge in [0.05, 0.1) is 0 Å². The van der Waals surface area contributed by atoms with E-state index >= 15 is 0 Å². The van der Waals surface area contributed by atoms with E-state index in [1.807, 2.05) is 0 Å². The third-order valence-corrected chi connectivity index (χ3v) is 2.32. The van der Waals surface area contributed by atoms with Crippen LogP contribution in [0.4, 0.5) is 4.39 Å². The minimum Gasteiger partial charge on any atom is -0.226 e. The number of alkyl halides is 2. The average molecular weight is 151 g/mol. The summed E-state index contributed by atoms with van der Waals surface area (Å²) in [4.78, 5) is 0. The Bertz CT molecular complexity index is 101. The van der Waals surface area contributed by atoms with Crippen LogP contribution >= 0.6 is 11.6 Å². The molecule has 0 nitrogen and oxygen atoms in total. The lowest BCUT2D eigenvalue weighted by Gasteiger charge is -1.94. The van der Waals surface area contributed by atoms with Gasteiger partial charge in [-0.25, -0.2) is 4.39 Å². The van der Waals surface area contributed by atoms with Crippen molar-refractivity contribution in [2.45, 2.75) is 37.7 Å². The Morgan fingerprint density at radius 2 is 2.33 bits per heavy atom. The number of rotatable bonds is 3. The van der Waals surface area contributed by atoms with Gasteiger partial charge in [-0.15, -0.1) is 0 Å². The van der Waals surface area contributed by atoms with Crippen molar-refractivity contribution in [3.63, 3.8) is 0 Å². The minimum atomic E-state index is -1.31. The third kappa shape index (κ3) is 1.82. The van der Waals surface area contributed by atoms with E-state index in [9.17, 15) is 4.39 Å². The van der Waals surface area contributed by atoms with Crippen molar-refractivity contribution in [3.05, 3.63) is 0 Å². The van der Waals surface area contributed by atoms with Gasteiger partial charge in [-0.3, -0.25) is 0 Å². The SMILES string of the molecule is CCCC[C@@H]1C[C@@]1(F)Cl. The fraction of sp³-hybridized carbons (Fsp3) is 1.00. The largest absolute Gasteiger partial charge is 0.226 e. The highest BCUT2D eigenvalue weighted by molar-refractivity contribution is 6.24. The predicted molar refractivity (Wildman–Crippen MR) is 37.3 cm³/mol. The van der Waals surface area contributed by atoms with Crippen LogP contribution in [0.15, 0.2) is 0 Å². The normalized spacial score (nSPS) is 41.0. The Hall–Kier alpha value is 0.220. The van der Waals surface area contributed by atoms with E-state index < -0.39 is 5.13 Å². The van der Waals surface area contributed by atoms with E-state index in [1.165, 1.54) is 0 Å². The molecule has 1 fully saturated rings. The van der Waals surface area contributed by atoms with Crippen molar-refractivity contribution in [2.75, 3.05) is 0 Å². The van der Waals surface area contributed by atoms with Crippen LogP contribution in [0.2, 0.25) is 0 Å². The molecule has 0 unspecified atom stereocenters. The second kappa shape index (κ2) is 2.45. The summed E-state index contributed by atoms with van der Waals surface area (Å²) >= 11 is 5.38. The van der Waals surface area contributed by atoms with Gasteiger partial charge < -0.3 is 0 Å². The van der Waals surface area contributed by atoms with Gasteiger partial charge in [-0.05, 0) is 6.42 Å². The Kier molecular flexibility index (Phi) is 2.00. The summed E-state index contributed by atoms with van der Waals surface area (Å²) in [5, 5.41) is -1.31. The lowest BCUT2D eigenvalue weighted by molar-refractivity contribution is 0.384. The Morgan fingerprint density at radius 3 is 2.67 bits per heavy atom. The van der Waals surface area contributed by atoms with Gasteiger partial charge in [-0.1, -0.05) is 31.4 Å². The predicted octanol–water partition coefficient (Wildman–Crippen LogP) is 3.10. The first-order valence-electron chi connectivity index (χ1n) is 3.54. The van der Waals surface area contributed by atoms with Crippen LogP contribution in [0, 0.1) is 5.92 Å². The number of unbranched alkanes of at least 4 members (excludes halogenated alkanes) is 1. The molecule has 0 heterocycles. The number of hydrogen-bond donors (Lipinski definition) is 0. The molecule has 1 aliphatic carbocycles. The van der Waals surface area contributed by atoms with Crippen LogP contribution in [0.3, 0.4) is 0 Å². The van der Waals surface area contributed by atoms with Crippen LogP contribution in [0.25, 0.3) is 0 Å². The second-order valence-electron chi connectivity index (χ2n) is 2.80. The topological polar surface area (TPSA) is 0 Å². The molecule has 1 rings (SSSR count). The van der Waals surface area contributed by atoms with Crippen molar-refractivity contribution < 1.29 is 4.39 Å². The monoisotopic (exact) mass is 150 g/mol. The van der Waals surface area contributed by atoms with E-state index in [-0.39, 0.29) is 5.92 Å². The van der Waals surface area contributed by atoms with Crippen LogP contribution < -0.4 is 0 Å². The molecule has 2 heteroatoms. The van der Waals surface area contributed by atoms with Gasteiger partial charge in [-0.2, -0.15) is 0 Å². The fourth-order valence-electron chi connectivity index (χ4n) is 1.03. The average Bonchev–Trinajstić information content (AvgIpc) is 2.35. The molecule has 0 radical (unpaired) electrons. The fourth-order valence-corrected chi connectivity index (χ4v) is 1.33. The molecule has 54 valence electrons. The molecule has 2 atom stereocenters. The summed E-state index contributed by atoms with van der Waals surface area (Å²) in [6, 6.07) is 0.